The number of fused-ring (bicyclic) bond motifs is 5. The standard InChI is InChI=1S/C58H37N3O2/c1-5-19-38(20-6-1)43-27-13-15-30-46(43)56-59-55(39-21-7-2-8-22-39)60-57(61-56)47-31-16-14-28-44(47)40-33-34-51-52(35-40)63-53-36-48-45-29-17-18-32-49(45)58(41-23-9-3-10-24-41,42-25-11-4-12-26-42)50(48)37-54(53)62-51/h1-37H. The molecule has 9 aromatic carbocycles. The van der Waals surface area contributed by atoms with E-state index in [-0.39, 0.29) is 0 Å². The van der Waals surface area contributed by atoms with E-state index in [0.29, 0.717) is 40.5 Å². The van der Waals surface area contributed by atoms with Crippen LogP contribution in [0.25, 0.3) is 67.5 Å². The molecule has 0 fully saturated rings. The van der Waals surface area contributed by atoms with Crippen LogP contribution in [-0.2, 0) is 5.41 Å². The molecule has 2 heterocycles. The molecule has 1 aliphatic carbocycles. The van der Waals surface area contributed by atoms with Gasteiger partial charge in [-0.1, -0.05) is 200 Å². The number of aromatic nitrogens is 3. The molecule has 10 aromatic rings. The van der Waals surface area contributed by atoms with Gasteiger partial charge in [-0.2, -0.15) is 0 Å². The van der Waals surface area contributed by atoms with Gasteiger partial charge in [0.05, 0.1) is 5.41 Å². The van der Waals surface area contributed by atoms with Crippen LogP contribution in [0.5, 0.6) is 23.0 Å². The van der Waals surface area contributed by atoms with Gasteiger partial charge in [0, 0.05) is 16.7 Å². The van der Waals surface area contributed by atoms with Crippen molar-refractivity contribution < 1.29 is 9.47 Å². The van der Waals surface area contributed by atoms with E-state index in [1.54, 1.807) is 0 Å². The zero-order valence-corrected chi connectivity index (χ0v) is 34.0. The molecule has 0 radical (unpaired) electrons. The quantitative estimate of drug-likeness (QED) is 0.161. The number of ether oxygens (including phenoxy) is 2. The molecule has 1 aromatic heterocycles. The fourth-order valence-electron chi connectivity index (χ4n) is 9.49. The molecular weight excluding hydrogens is 771 g/mol. The van der Waals surface area contributed by atoms with Gasteiger partial charge in [-0.05, 0) is 79.9 Å². The third-order valence-electron chi connectivity index (χ3n) is 12.3. The van der Waals surface area contributed by atoms with Crippen LogP contribution in [0.3, 0.4) is 0 Å². The molecule has 0 saturated carbocycles. The number of rotatable bonds is 7. The smallest absolute Gasteiger partial charge is 0.170 e. The third kappa shape index (κ3) is 6.05. The van der Waals surface area contributed by atoms with Crippen LogP contribution >= 0.6 is 0 Å². The Morgan fingerprint density at radius 2 is 0.714 bits per heavy atom. The van der Waals surface area contributed by atoms with E-state index in [1.807, 2.05) is 60.7 Å². The largest absolute Gasteiger partial charge is 0.450 e. The molecule has 63 heavy (non-hydrogen) atoms. The van der Waals surface area contributed by atoms with Crippen molar-refractivity contribution in [1.29, 1.82) is 0 Å². The Labute approximate surface area is 365 Å². The second-order valence-electron chi connectivity index (χ2n) is 15.9. The summed E-state index contributed by atoms with van der Waals surface area (Å²) in [5.74, 6) is 4.42. The van der Waals surface area contributed by atoms with Crippen molar-refractivity contribution in [2.24, 2.45) is 0 Å². The first kappa shape index (κ1) is 36.4. The lowest BCUT2D eigenvalue weighted by Crippen LogP contribution is -2.28. The van der Waals surface area contributed by atoms with Gasteiger partial charge in [0.15, 0.2) is 40.5 Å². The van der Waals surface area contributed by atoms with Crippen molar-refractivity contribution in [3.63, 3.8) is 0 Å². The van der Waals surface area contributed by atoms with E-state index in [1.165, 1.54) is 22.3 Å². The fourth-order valence-corrected chi connectivity index (χ4v) is 9.49. The van der Waals surface area contributed by atoms with Gasteiger partial charge in [-0.3, -0.25) is 0 Å². The fraction of sp³-hybridized carbons (Fsp3) is 0.0172. The molecule has 0 N–H and O–H groups in total. The Kier molecular flexibility index (Phi) is 8.64. The molecule has 1 aliphatic heterocycles. The summed E-state index contributed by atoms with van der Waals surface area (Å²) >= 11 is 0. The first-order valence-corrected chi connectivity index (χ1v) is 21.2. The molecule has 296 valence electrons. The summed E-state index contributed by atoms with van der Waals surface area (Å²) < 4.78 is 13.6. The Morgan fingerprint density at radius 1 is 0.270 bits per heavy atom. The van der Waals surface area contributed by atoms with Crippen molar-refractivity contribution in [2.75, 3.05) is 0 Å². The van der Waals surface area contributed by atoms with Crippen molar-refractivity contribution in [3.8, 4) is 90.5 Å². The van der Waals surface area contributed by atoms with Crippen LogP contribution in [-0.4, -0.2) is 15.0 Å². The minimum atomic E-state index is -0.542. The van der Waals surface area contributed by atoms with Crippen molar-refractivity contribution in [1.82, 2.24) is 15.0 Å². The van der Waals surface area contributed by atoms with E-state index < -0.39 is 5.41 Å². The second kappa shape index (κ2) is 14.9. The maximum atomic E-state index is 6.85. The zero-order valence-electron chi connectivity index (χ0n) is 34.0. The van der Waals surface area contributed by atoms with Crippen molar-refractivity contribution in [3.05, 3.63) is 247 Å². The highest BCUT2D eigenvalue weighted by atomic mass is 16.6. The van der Waals surface area contributed by atoms with Crippen LogP contribution in [0, 0.1) is 0 Å². The number of benzene rings is 9. The maximum Gasteiger partial charge on any atom is 0.170 e. The van der Waals surface area contributed by atoms with Crippen molar-refractivity contribution >= 4 is 0 Å². The zero-order chi connectivity index (χ0) is 41.7. The SMILES string of the molecule is c1ccc(-c2nc(-c3ccccc3-c3ccccc3)nc(-c3ccccc3-c3ccc4c(c3)Oc3cc5c(cc3O4)C(c3ccccc3)(c3ccccc3)c3ccccc3-5)n2)cc1. The lowest BCUT2D eigenvalue weighted by molar-refractivity contribution is 0.359. The maximum absolute atomic E-state index is 6.85. The first-order chi connectivity index (χ1) is 31.2. The van der Waals surface area contributed by atoms with Gasteiger partial charge in [-0.15, -0.1) is 0 Å². The molecule has 0 spiro atoms. The summed E-state index contributed by atoms with van der Waals surface area (Å²) in [6, 6.07) is 77.8. The van der Waals surface area contributed by atoms with Gasteiger partial charge in [0.2, 0.25) is 0 Å². The molecular formula is C58H37N3O2. The van der Waals surface area contributed by atoms with Crippen molar-refractivity contribution in [2.45, 2.75) is 5.41 Å². The van der Waals surface area contributed by atoms with E-state index in [9.17, 15) is 0 Å². The highest BCUT2D eigenvalue weighted by Gasteiger charge is 2.47. The van der Waals surface area contributed by atoms with Crippen LogP contribution in [0.15, 0.2) is 224 Å². The van der Waals surface area contributed by atoms with Gasteiger partial charge < -0.3 is 9.47 Å². The highest BCUT2D eigenvalue weighted by Crippen LogP contribution is 2.60. The van der Waals surface area contributed by atoms with Crippen LogP contribution in [0.2, 0.25) is 0 Å². The minimum Gasteiger partial charge on any atom is -0.450 e. The monoisotopic (exact) mass is 807 g/mol. The number of hydrogen-bond donors (Lipinski definition) is 0. The molecule has 0 saturated heterocycles. The molecule has 5 heteroatoms. The van der Waals surface area contributed by atoms with Crippen LogP contribution in [0.4, 0.5) is 0 Å². The molecule has 5 nitrogen and oxygen atoms in total. The summed E-state index contributed by atoms with van der Waals surface area (Å²) in [4.78, 5) is 15.4. The van der Waals surface area contributed by atoms with Gasteiger partial charge >= 0.3 is 0 Å². The number of hydrogen-bond acceptors (Lipinski definition) is 5. The van der Waals surface area contributed by atoms with Gasteiger partial charge in [-0.25, -0.2) is 15.0 Å². The number of nitrogens with zero attached hydrogens (tertiary/aromatic N) is 3. The minimum absolute atomic E-state index is 0.542. The molecule has 2 aliphatic rings. The molecule has 0 atom stereocenters. The normalized spacial score (nSPS) is 12.8. The Morgan fingerprint density at radius 3 is 1.33 bits per heavy atom. The van der Waals surface area contributed by atoms with E-state index in [2.05, 4.69) is 164 Å². The predicted molar refractivity (Wildman–Crippen MR) is 251 cm³/mol. The van der Waals surface area contributed by atoms with Gasteiger partial charge in [0.1, 0.15) is 0 Å². The predicted octanol–water partition coefficient (Wildman–Crippen LogP) is 14.5. The Bertz CT molecular complexity index is 3300. The molecule has 0 bridgehead atoms. The van der Waals surface area contributed by atoms with Crippen LogP contribution < -0.4 is 9.47 Å². The van der Waals surface area contributed by atoms with Crippen LogP contribution in [0.1, 0.15) is 22.3 Å². The average Bonchev–Trinajstić information content (AvgIpc) is 3.65. The average molecular weight is 808 g/mol. The third-order valence-corrected chi connectivity index (χ3v) is 12.3. The topological polar surface area (TPSA) is 57.1 Å². The Balaban J connectivity index is 0.965. The molecule has 12 rings (SSSR count). The lowest BCUT2D eigenvalue weighted by Gasteiger charge is -2.34. The van der Waals surface area contributed by atoms with E-state index in [4.69, 9.17) is 24.4 Å². The molecule has 0 amide bonds. The summed E-state index contributed by atoms with van der Waals surface area (Å²) in [7, 11) is 0. The molecule has 0 unspecified atom stereocenters. The van der Waals surface area contributed by atoms with E-state index >= 15 is 0 Å². The summed E-state index contributed by atoms with van der Waals surface area (Å²) in [6.45, 7) is 0. The van der Waals surface area contributed by atoms with Gasteiger partial charge in [0.25, 0.3) is 0 Å². The summed E-state index contributed by atoms with van der Waals surface area (Å²) in [6.07, 6.45) is 0. The lowest BCUT2D eigenvalue weighted by atomic mass is 9.67. The first-order valence-electron chi connectivity index (χ1n) is 21.2. The Hall–Kier alpha value is -8.41. The van der Waals surface area contributed by atoms with E-state index in [0.717, 1.165) is 50.1 Å². The highest BCUT2D eigenvalue weighted by molar-refractivity contribution is 5.89. The summed E-state index contributed by atoms with van der Waals surface area (Å²) in [5, 5.41) is 0. The second-order valence-corrected chi connectivity index (χ2v) is 15.9. The summed E-state index contributed by atoms with van der Waals surface area (Å²) in [5.41, 5.74) is 13.3.